The van der Waals surface area contributed by atoms with Gasteiger partial charge in [-0.3, -0.25) is 0 Å². The molecule has 0 fully saturated rings. The van der Waals surface area contributed by atoms with Crippen LogP contribution in [0.15, 0.2) is 53.0 Å². The molecule has 3 nitrogen and oxygen atoms in total. The van der Waals surface area contributed by atoms with Crippen LogP contribution >= 0.6 is 15.9 Å². The first-order valence-corrected chi connectivity index (χ1v) is 7.28. The molecular weight excluding hydrogens is 318 g/mol. The van der Waals surface area contributed by atoms with Crippen LogP contribution in [0.3, 0.4) is 0 Å². The SMILES string of the molecule is C[C@H](N)c1ccc(Br)cc1OCC(O)c1ccccc1. The van der Waals surface area contributed by atoms with Gasteiger partial charge < -0.3 is 15.6 Å². The summed E-state index contributed by atoms with van der Waals surface area (Å²) < 4.78 is 6.66. The van der Waals surface area contributed by atoms with E-state index in [1.807, 2.05) is 55.5 Å². The molecule has 106 valence electrons. The lowest BCUT2D eigenvalue weighted by Crippen LogP contribution is -2.13. The highest BCUT2D eigenvalue weighted by Gasteiger charge is 2.12. The molecule has 0 aromatic heterocycles. The van der Waals surface area contributed by atoms with Gasteiger partial charge in [-0.1, -0.05) is 52.3 Å². The Balaban J connectivity index is 2.09. The van der Waals surface area contributed by atoms with Crippen LogP contribution in [0.4, 0.5) is 0 Å². The van der Waals surface area contributed by atoms with Crippen molar-refractivity contribution in [1.29, 1.82) is 0 Å². The first-order valence-electron chi connectivity index (χ1n) is 6.48. The fourth-order valence-electron chi connectivity index (χ4n) is 1.95. The minimum absolute atomic E-state index is 0.119. The van der Waals surface area contributed by atoms with Gasteiger partial charge in [-0.15, -0.1) is 0 Å². The van der Waals surface area contributed by atoms with E-state index < -0.39 is 6.10 Å². The van der Waals surface area contributed by atoms with Crippen LogP contribution in [-0.2, 0) is 0 Å². The molecule has 2 atom stereocenters. The lowest BCUT2D eigenvalue weighted by Gasteiger charge is -2.17. The summed E-state index contributed by atoms with van der Waals surface area (Å²) in [5, 5.41) is 10.1. The van der Waals surface area contributed by atoms with Crippen LogP contribution in [-0.4, -0.2) is 11.7 Å². The fraction of sp³-hybridized carbons (Fsp3) is 0.250. The number of hydrogen-bond acceptors (Lipinski definition) is 3. The molecule has 20 heavy (non-hydrogen) atoms. The number of ether oxygens (including phenoxy) is 1. The molecule has 0 aliphatic heterocycles. The molecular formula is C16H18BrNO2. The number of hydrogen-bond donors (Lipinski definition) is 2. The minimum atomic E-state index is -0.656. The van der Waals surface area contributed by atoms with Gasteiger partial charge in [0.25, 0.3) is 0 Å². The van der Waals surface area contributed by atoms with Crippen molar-refractivity contribution in [2.24, 2.45) is 5.73 Å². The van der Waals surface area contributed by atoms with Gasteiger partial charge in [0.05, 0.1) is 0 Å². The van der Waals surface area contributed by atoms with E-state index in [-0.39, 0.29) is 12.6 Å². The van der Waals surface area contributed by atoms with Gasteiger partial charge >= 0.3 is 0 Å². The van der Waals surface area contributed by atoms with E-state index in [0.29, 0.717) is 5.75 Å². The number of benzene rings is 2. The first kappa shape index (κ1) is 15.0. The number of aliphatic hydroxyl groups excluding tert-OH is 1. The van der Waals surface area contributed by atoms with E-state index in [2.05, 4.69) is 15.9 Å². The van der Waals surface area contributed by atoms with Crippen molar-refractivity contribution in [2.45, 2.75) is 19.1 Å². The highest BCUT2D eigenvalue weighted by molar-refractivity contribution is 9.10. The molecule has 0 saturated heterocycles. The third-order valence-corrected chi connectivity index (χ3v) is 3.54. The van der Waals surface area contributed by atoms with Crippen LogP contribution < -0.4 is 10.5 Å². The highest BCUT2D eigenvalue weighted by atomic mass is 79.9. The van der Waals surface area contributed by atoms with E-state index in [1.54, 1.807) is 0 Å². The number of aliphatic hydroxyl groups is 1. The molecule has 1 unspecified atom stereocenters. The lowest BCUT2D eigenvalue weighted by molar-refractivity contribution is 0.107. The summed E-state index contributed by atoms with van der Waals surface area (Å²) in [4.78, 5) is 0. The zero-order valence-electron chi connectivity index (χ0n) is 11.3. The Kier molecular flexibility index (Phi) is 5.17. The van der Waals surface area contributed by atoms with Gasteiger partial charge in [0, 0.05) is 16.1 Å². The minimum Gasteiger partial charge on any atom is -0.490 e. The number of nitrogens with two attached hydrogens (primary N) is 1. The molecule has 2 aromatic carbocycles. The summed E-state index contributed by atoms with van der Waals surface area (Å²) in [6, 6.07) is 15.1. The monoisotopic (exact) mass is 335 g/mol. The van der Waals surface area contributed by atoms with Gasteiger partial charge in [0.1, 0.15) is 18.5 Å². The Labute approximate surface area is 127 Å². The molecule has 2 aromatic rings. The van der Waals surface area contributed by atoms with Crippen molar-refractivity contribution in [1.82, 2.24) is 0 Å². The summed E-state index contributed by atoms with van der Waals surface area (Å²) >= 11 is 3.41. The average Bonchev–Trinajstić information content (AvgIpc) is 2.45. The van der Waals surface area contributed by atoms with Crippen molar-refractivity contribution in [2.75, 3.05) is 6.61 Å². The normalized spacial score (nSPS) is 13.8. The molecule has 0 radical (unpaired) electrons. The van der Waals surface area contributed by atoms with Gasteiger partial charge in [0.2, 0.25) is 0 Å². The molecule has 0 aliphatic carbocycles. The van der Waals surface area contributed by atoms with Crippen molar-refractivity contribution < 1.29 is 9.84 Å². The summed E-state index contributed by atoms with van der Waals surface area (Å²) in [7, 11) is 0. The van der Waals surface area contributed by atoms with E-state index in [9.17, 15) is 5.11 Å². The van der Waals surface area contributed by atoms with E-state index in [1.165, 1.54) is 0 Å². The van der Waals surface area contributed by atoms with Gasteiger partial charge in [-0.2, -0.15) is 0 Å². The maximum absolute atomic E-state index is 10.1. The number of rotatable bonds is 5. The van der Waals surface area contributed by atoms with Crippen LogP contribution in [0.5, 0.6) is 5.75 Å². The molecule has 2 rings (SSSR count). The van der Waals surface area contributed by atoms with Gasteiger partial charge in [-0.25, -0.2) is 0 Å². The van der Waals surface area contributed by atoms with Crippen molar-refractivity contribution in [3.63, 3.8) is 0 Å². The summed E-state index contributed by atoms with van der Waals surface area (Å²) in [5.74, 6) is 0.698. The molecule has 3 N–H and O–H groups in total. The van der Waals surface area contributed by atoms with E-state index >= 15 is 0 Å². The maximum Gasteiger partial charge on any atom is 0.125 e. The Morgan fingerprint density at radius 2 is 1.90 bits per heavy atom. The second-order valence-corrected chi connectivity index (χ2v) is 5.62. The van der Waals surface area contributed by atoms with Crippen LogP contribution in [0.1, 0.15) is 30.2 Å². The summed E-state index contributed by atoms with van der Waals surface area (Å²) in [6.07, 6.45) is -0.656. The highest BCUT2D eigenvalue weighted by Crippen LogP contribution is 2.28. The van der Waals surface area contributed by atoms with Gasteiger partial charge in [0.15, 0.2) is 0 Å². The number of halogens is 1. The van der Waals surface area contributed by atoms with Crippen molar-refractivity contribution in [3.8, 4) is 5.75 Å². The summed E-state index contributed by atoms with van der Waals surface area (Å²) in [6.45, 7) is 2.10. The zero-order valence-corrected chi connectivity index (χ0v) is 12.9. The fourth-order valence-corrected chi connectivity index (χ4v) is 2.29. The Morgan fingerprint density at radius 1 is 1.20 bits per heavy atom. The van der Waals surface area contributed by atoms with E-state index in [4.69, 9.17) is 10.5 Å². The summed E-state index contributed by atoms with van der Waals surface area (Å²) in [5.41, 5.74) is 7.69. The topological polar surface area (TPSA) is 55.5 Å². The maximum atomic E-state index is 10.1. The molecule has 0 amide bonds. The second kappa shape index (κ2) is 6.88. The molecule has 0 spiro atoms. The Morgan fingerprint density at radius 3 is 2.55 bits per heavy atom. The molecule has 0 aliphatic rings. The van der Waals surface area contributed by atoms with Gasteiger partial charge in [-0.05, 0) is 24.6 Å². The predicted octanol–water partition coefficient (Wildman–Crippen LogP) is 3.58. The van der Waals surface area contributed by atoms with Crippen LogP contribution in [0.2, 0.25) is 0 Å². The standard InChI is InChI=1S/C16H18BrNO2/c1-11(18)14-8-7-13(17)9-16(14)20-10-15(19)12-5-3-2-4-6-12/h2-9,11,15,19H,10,18H2,1H3/t11-,15?/m0/s1. The Bertz CT molecular complexity index is 558. The Hall–Kier alpha value is -1.36. The average molecular weight is 336 g/mol. The lowest BCUT2D eigenvalue weighted by atomic mass is 10.1. The second-order valence-electron chi connectivity index (χ2n) is 4.71. The van der Waals surface area contributed by atoms with Crippen LogP contribution in [0.25, 0.3) is 0 Å². The molecule has 0 bridgehead atoms. The largest absolute Gasteiger partial charge is 0.490 e. The van der Waals surface area contributed by atoms with Crippen molar-refractivity contribution >= 4 is 15.9 Å². The van der Waals surface area contributed by atoms with Crippen molar-refractivity contribution in [3.05, 3.63) is 64.1 Å². The zero-order chi connectivity index (χ0) is 14.5. The first-order chi connectivity index (χ1) is 9.58. The smallest absolute Gasteiger partial charge is 0.125 e. The molecule has 0 saturated carbocycles. The third-order valence-electron chi connectivity index (χ3n) is 3.05. The van der Waals surface area contributed by atoms with E-state index in [0.717, 1.165) is 15.6 Å². The van der Waals surface area contributed by atoms with Crippen LogP contribution in [0, 0.1) is 0 Å². The predicted molar refractivity (Wildman–Crippen MR) is 83.6 cm³/mol. The third kappa shape index (κ3) is 3.82. The quantitative estimate of drug-likeness (QED) is 0.877. The molecule has 4 heteroatoms. The molecule has 0 heterocycles.